The van der Waals surface area contributed by atoms with Crippen molar-refractivity contribution in [1.82, 2.24) is 0 Å². The van der Waals surface area contributed by atoms with Crippen LogP contribution < -0.4 is 0 Å². The van der Waals surface area contributed by atoms with Crippen molar-refractivity contribution in [2.75, 3.05) is 6.61 Å². The van der Waals surface area contributed by atoms with Crippen LogP contribution in [0.2, 0.25) is 0 Å². The van der Waals surface area contributed by atoms with Crippen LogP contribution in [0.25, 0.3) is 0 Å². The molecule has 1 aliphatic carbocycles. The molecule has 0 heterocycles. The summed E-state index contributed by atoms with van der Waals surface area (Å²) in [6.07, 6.45) is 6.81. The molecule has 0 aromatic heterocycles. The quantitative estimate of drug-likeness (QED) is 0.775. The highest BCUT2D eigenvalue weighted by Crippen LogP contribution is 2.27. The average molecular weight is 242 g/mol. The Balaban J connectivity index is 2.45. The van der Waals surface area contributed by atoms with Gasteiger partial charge in [0.05, 0.1) is 6.61 Å². The van der Waals surface area contributed by atoms with Gasteiger partial charge in [0.2, 0.25) is 0 Å². The van der Waals surface area contributed by atoms with Gasteiger partial charge in [-0.2, -0.15) is 0 Å². The summed E-state index contributed by atoms with van der Waals surface area (Å²) in [5.74, 6) is 0.0686. The van der Waals surface area contributed by atoms with Crippen LogP contribution in [0.4, 0.5) is 0 Å². The normalized spacial score (nSPS) is 21.4. The van der Waals surface area contributed by atoms with Crippen molar-refractivity contribution in [3.8, 4) is 0 Å². The summed E-state index contributed by atoms with van der Waals surface area (Å²) in [5, 5.41) is 9.29. The second-order valence-electron chi connectivity index (χ2n) is 5.95. The van der Waals surface area contributed by atoms with E-state index in [0.717, 1.165) is 0 Å². The van der Waals surface area contributed by atoms with Crippen LogP contribution in [0.15, 0.2) is 0 Å². The van der Waals surface area contributed by atoms with E-state index in [1.165, 1.54) is 32.1 Å². The van der Waals surface area contributed by atoms with Crippen molar-refractivity contribution < 1.29 is 14.6 Å². The number of carboxylic acid groups (broad SMARTS) is 1. The maximum atomic E-state index is 11.3. The molecular weight excluding hydrogens is 216 g/mol. The van der Waals surface area contributed by atoms with Crippen molar-refractivity contribution in [3.05, 3.63) is 0 Å². The Morgan fingerprint density at radius 2 is 1.94 bits per heavy atom. The van der Waals surface area contributed by atoms with E-state index in [0.29, 0.717) is 24.9 Å². The van der Waals surface area contributed by atoms with Gasteiger partial charge in [0.25, 0.3) is 0 Å². The highest BCUT2D eigenvalue weighted by molar-refractivity contribution is 5.76. The summed E-state index contributed by atoms with van der Waals surface area (Å²) in [6.45, 7) is 6.38. The van der Waals surface area contributed by atoms with Crippen molar-refractivity contribution in [2.45, 2.75) is 64.9 Å². The summed E-state index contributed by atoms with van der Waals surface area (Å²) in [4.78, 5) is 11.3. The first-order chi connectivity index (χ1) is 7.94. The number of hydrogen-bond donors (Lipinski definition) is 1. The summed E-state index contributed by atoms with van der Waals surface area (Å²) < 4.78 is 5.74. The number of aliphatic carboxylic acids is 1. The second kappa shape index (κ2) is 6.39. The lowest BCUT2D eigenvalue weighted by Crippen LogP contribution is -2.41. The molecule has 100 valence electrons. The SMILES string of the molecule is CC(C)CC(C)(OCC1CCCCC1)C(=O)O. The van der Waals surface area contributed by atoms with Crippen LogP contribution in [0.5, 0.6) is 0 Å². The first-order valence-corrected chi connectivity index (χ1v) is 6.81. The molecule has 0 aliphatic heterocycles. The third kappa shape index (κ3) is 4.66. The topological polar surface area (TPSA) is 46.5 Å². The fourth-order valence-electron chi connectivity index (χ4n) is 2.64. The number of carbonyl (C=O) groups is 1. The zero-order valence-electron chi connectivity index (χ0n) is 11.4. The van der Waals surface area contributed by atoms with Gasteiger partial charge in [-0.25, -0.2) is 4.79 Å². The van der Waals surface area contributed by atoms with Crippen molar-refractivity contribution in [3.63, 3.8) is 0 Å². The zero-order chi connectivity index (χ0) is 12.9. The number of rotatable bonds is 6. The average Bonchev–Trinajstić information content (AvgIpc) is 2.27. The molecule has 3 heteroatoms. The minimum atomic E-state index is -1.01. The Kier molecular flexibility index (Phi) is 5.44. The van der Waals surface area contributed by atoms with Gasteiger partial charge in [0.1, 0.15) is 0 Å². The van der Waals surface area contributed by atoms with Crippen LogP contribution in [-0.2, 0) is 9.53 Å². The van der Waals surface area contributed by atoms with Gasteiger partial charge in [-0.1, -0.05) is 33.1 Å². The second-order valence-corrected chi connectivity index (χ2v) is 5.95. The molecule has 1 fully saturated rings. The molecule has 0 amide bonds. The number of hydrogen-bond acceptors (Lipinski definition) is 2. The van der Waals surface area contributed by atoms with Gasteiger partial charge in [0.15, 0.2) is 5.60 Å². The Morgan fingerprint density at radius 3 is 2.41 bits per heavy atom. The lowest BCUT2D eigenvalue weighted by atomic mass is 9.89. The lowest BCUT2D eigenvalue weighted by Gasteiger charge is -2.30. The van der Waals surface area contributed by atoms with E-state index < -0.39 is 11.6 Å². The first kappa shape index (κ1) is 14.5. The summed E-state index contributed by atoms with van der Waals surface area (Å²) >= 11 is 0. The van der Waals surface area contributed by atoms with E-state index in [1.807, 2.05) is 13.8 Å². The highest BCUT2D eigenvalue weighted by Gasteiger charge is 2.35. The molecule has 0 saturated heterocycles. The number of carboxylic acids is 1. The molecule has 1 saturated carbocycles. The summed E-state index contributed by atoms with van der Waals surface area (Å²) in [6, 6.07) is 0. The molecule has 0 bridgehead atoms. The Hall–Kier alpha value is -0.570. The molecular formula is C14H26O3. The van der Waals surface area contributed by atoms with E-state index >= 15 is 0 Å². The van der Waals surface area contributed by atoms with E-state index in [4.69, 9.17) is 4.74 Å². The summed E-state index contributed by atoms with van der Waals surface area (Å²) in [7, 11) is 0. The minimum absolute atomic E-state index is 0.336. The van der Waals surface area contributed by atoms with E-state index in [1.54, 1.807) is 6.92 Å². The molecule has 1 unspecified atom stereocenters. The standard InChI is InChI=1S/C14H26O3/c1-11(2)9-14(3,13(15)16)17-10-12-7-5-4-6-8-12/h11-12H,4-10H2,1-3H3,(H,15,16). The lowest BCUT2D eigenvalue weighted by molar-refractivity contribution is -0.168. The molecule has 17 heavy (non-hydrogen) atoms. The van der Waals surface area contributed by atoms with Gasteiger partial charge in [-0.3, -0.25) is 0 Å². The molecule has 0 radical (unpaired) electrons. The molecule has 0 spiro atoms. The first-order valence-electron chi connectivity index (χ1n) is 6.81. The van der Waals surface area contributed by atoms with Gasteiger partial charge < -0.3 is 9.84 Å². The molecule has 0 aromatic carbocycles. The van der Waals surface area contributed by atoms with Crippen LogP contribution in [0.3, 0.4) is 0 Å². The van der Waals surface area contributed by atoms with Crippen molar-refractivity contribution in [1.29, 1.82) is 0 Å². The van der Waals surface area contributed by atoms with Crippen LogP contribution >= 0.6 is 0 Å². The third-order valence-electron chi connectivity index (χ3n) is 3.61. The van der Waals surface area contributed by atoms with Gasteiger partial charge in [-0.15, -0.1) is 0 Å². The fourth-order valence-corrected chi connectivity index (χ4v) is 2.64. The summed E-state index contributed by atoms with van der Waals surface area (Å²) in [5.41, 5.74) is -1.01. The van der Waals surface area contributed by atoms with Crippen molar-refractivity contribution >= 4 is 5.97 Å². The Bertz CT molecular complexity index is 244. The van der Waals surface area contributed by atoms with E-state index in [-0.39, 0.29) is 0 Å². The fraction of sp³-hybridized carbons (Fsp3) is 0.929. The van der Waals surface area contributed by atoms with Crippen molar-refractivity contribution in [2.24, 2.45) is 11.8 Å². The number of ether oxygens (including phenoxy) is 1. The zero-order valence-corrected chi connectivity index (χ0v) is 11.4. The van der Waals surface area contributed by atoms with Crippen LogP contribution in [-0.4, -0.2) is 23.3 Å². The predicted molar refractivity (Wildman–Crippen MR) is 68.0 cm³/mol. The van der Waals surface area contributed by atoms with Crippen LogP contribution in [0.1, 0.15) is 59.3 Å². The Morgan fingerprint density at radius 1 is 1.35 bits per heavy atom. The molecule has 1 aliphatic rings. The Labute approximate surface area is 105 Å². The monoisotopic (exact) mass is 242 g/mol. The molecule has 1 N–H and O–H groups in total. The van der Waals surface area contributed by atoms with Gasteiger partial charge in [0, 0.05) is 0 Å². The molecule has 3 nitrogen and oxygen atoms in total. The van der Waals surface area contributed by atoms with Gasteiger partial charge in [-0.05, 0) is 38.0 Å². The van der Waals surface area contributed by atoms with Gasteiger partial charge >= 0.3 is 5.97 Å². The van der Waals surface area contributed by atoms with E-state index in [9.17, 15) is 9.90 Å². The predicted octanol–water partition coefficient (Wildman–Crippen LogP) is 3.47. The highest BCUT2D eigenvalue weighted by atomic mass is 16.5. The molecule has 0 aromatic rings. The molecule has 1 rings (SSSR count). The minimum Gasteiger partial charge on any atom is -0.479 e. The maximum absolute atomic E-state index is 11.3. The third-order valence-corrected chi connectivity index (χ3v) is 3.61. The largest absolute Gasteiger partial charge is 0.479 e. The smallest absolute Gasteiger partial charge is 0.335 e. The van der Waals surface area contributed by atoms with Crippen LogP contribution in [0, 0.1) is 11.8 Å². The molecule has 1 atom stereocenters. The van der Waals surface area contributed by atoms with E-state index in [2.05, 4.69) is 0 Å². The maximum Gasteiger partial charge on any atom is 0.335 e.